The summed E-state index contributed by atoms with van der Waals surface area (Å²) in [5.74, 6) is 0.671. The first kappa shape index (κ1) is 14.1. The van der Waals surface area contributed by atoms with Crippen molar-refractivity contribution in [2.75, 3.05) is 5.32 Å². The number of nitrogens with zero attached hydrogens (tertiary/aromatic N) is 1. The van der Waals surface area contributed by atoms with Crippen molar-refractivity contribution in [3.8, 4) is 11.3 Å². The Balaban J connectivity index is 1.83. The van der Waals surface area contributed by atoms with Gasteiger partial charge in [0.25, 0.3) is 5.91 Å². The normalized spacial score (nSPS) is 10.5. The van der Waals surface area contributed by atoms with E-state index in [1.807, 2.05) is 32.0 Å². The van der Waals surface area contributed by atoms with E-state index in [4.69, 9.17) is 4.42 Å². The van der Waals surface area contributed by atoms with E-state index in [0.717, 1.165) is 16.7 Å². The van der Waals surface area contributed by atoms with E-state index in [1.165, 1.54) is 0 Å². The lowest BCUT2D eigenvalue weighted by Gasteiger charge is -2.03. The van der Waals surface area contributed by atoms with E-state index in [2.05, 4.69) is 16.4 Å². The van der Waals surface area contributed by atoms with Crippen molar-refractivity contribution in [3.05, 3.63) is 71.7 Å². The van der Waals surface area contributed by atoms with Crippen LogP contribution in [0.25, 0.3) is 11.3 Å². The number of rotatable bonds is 3. The average molecular weight is 292 g/mol. The summed E-state index contributed by atoms with van der Waals surface area (Å²) in [6.45, 7) is 4.07. The Labute approximate surface area is 128 Å². The van der Waals surface area contributed by atoms with Crippen molar-refractivity contribution in [2.45, 2.75) is 13.8 Å². The van der Waals surface area contributed by atoms with Gasteiger partial charge < -0.3 is 9.73 Å². The van der Waals surface area contributed by atoms with Crippen LogP contribution in [0, 0.1) is 13.8 Å². The van der Waals surface area contributed by atoms with Crippen LogP contribution in [-0.4, -0.2) is 10.9 Å². The zero-order valence-electron chi connectivity index (χ0n) is 12.5. The third-order valence-electron chi connectivity index (χ3n) is 3.26. The molecule has 2 heterocycles. The first-order valence-electron chi connectivity index (χ1n) is 7.02. The molecule has 0 aliphatic rings. The van der Waals surface area contributed by atoms with Crippen molar-refractivity contribution in [1.29, 1.82) is 0 Å². The molecule has 1 amide bonds. The number of carbonyl (C=O) groups excluding carboxylic acids is 1. The minimum atomic E-state index is -0.288. The van der Waals surface area contributed by atoms with Crippen LogP contribution in [0.1, 0.15) is 21.7 Å². The summed E-state index contributed by atoms with van der Waals surface area (Å²) in [5.41, 5.74) is 3.93. The maximum Gasteiger partial charge on any atom is 0.291 e. The Morgan fingerprint density at radius 1 is 1.09 bits per heavy atom. The second kappa shape index (κ2) is 5.85. The largest absolute Gasteiger partial charge is 0.451 e. The number of pyridine rings is 1. The van der Waals surface area contributed by atoms with Gasteiger partial charge in [0, 0.05) is 11.8 Å². The summed E-state index contributed by atoms with van der Waals surface area (Å²) >= 11 is 0. The lowest BCUT2D eigenvalue weighted by atomic mass is 10.1. The number of carbonyl (C=O) groups is 1. The molecule has 0 unspecified atom stereocenters. The predicted octanol–water partition coefficient (Wildman–Crippen LogP) is 4.21. The monoisotopic (exact) mass is 292 g/mol. The van der Waals surface area contributed by atoms with Crippen LogP contribution in [0.3, 0.4) is 0 Å². The maximum absolute atomic E-state index is 12.2. The molecule has 3 aromatic rings. The first-order chi connectivity index (χ1) is 10.6. The number of benzene rings is 1. The molecule has 2 aromatic heterocycles. The van der Waals surface area contributed by atoms with E-state index in [1.54, 1.807) is 30.6 Å². The highest BCUT2D eigenvalue weighted by Crippen LogP contribution is 2.25. The molecule has 0 aliphatic heterocycles. The van der Waals surface area contributed by atoms with Gasteiger partial charge in [0.1, 0.15) is 5.76 Å². The highest BCUT2D eigenvalue weighted by atomic mass is 16.3. The van der Waals surface area contributed by atoms with Gasteiger partial charge in [-0.3, -0.25) is 9.78 Å². The Morgan fingerprint density at radius 3 is 2.55 bits per heavy atom. The van der Waals surface area contributed by atoms with E-state index in [0.29, 0.717) is 11.4 Å². The van der Waals surface area contributed by atoms with Gasteiger partial charge in [-0.15, -0.1) is 0 Å². The molecular weight excluding hydrogens is 276 g/mol. The number of hydrogen-bond acceptors (Lipinski definition) is 3. The van der Waals surface area contributed by atoms with Crippen molar-refractivity contribution in [2.24, 2.45) is 0 Å². The molecule has 0 aliphatic carbocycles. The first-order valence-corrected chi connectivity index (χ1v) is 7.02. The number of anilines is 1. The Kier molecular flexibility index (Phi) is 3.74. The molecule has 4 nitrogen and oxygen atoms in total. The third kappa shape index (κ3) is 3.06. The van der Waals surface area contributed by atoms with Crippen molar-refractivity contribution >= 4 is 11.6 Å². The molecule has 0 bridgehead atoms. The smallest absolute Gasteiger partial charge is 0.291 e. The van der Waals surface area contributed by atoms with Crippen molar-refractivity contribution in [3.63, 3.8) is 0 Å². The van der Waals surface area contributed by atoms with E-state index in [-0.39, 0.29) is 11.7 Å². The number of hydrogen-bond donors (Lipinski definition) is 1. The van der Waals surface area contributed by atoms with Gasteiger partial charge in [-0.25, -0.2) is 0 Å². The summed E-state index contributed by atoms with van der Waals surface area (Å²) in [6.07, 6.45) is 3.24. The average Bonchev–Trinajstić information content (AvgIpc) is 2.97. The fourth-order valence-corrected chi connectivity index (χ4v) is 2.36. The fraction of sp³-hybridized carbons (Fsp3) is 0.111. The SMILES string of the molecule is Cc1cc(C)cc(-c2ccc(C(=O)Nc3cccnc3)o2)c1. The van der Waals surface area contributed by atoms with Crippen LogP contribution < -0.4 is 5.32 Å². The maximum atomic E-state index is 12.2. The number of furan rings is 1. The van der Waals surface area contributed by atoms with Gasteiger partial charge >= 0.3 is 0 Å². The predicted molar refractivity (Wildman–Crippen MR) is 85.8 cm³/mol. The van der Waals surface area contributed by atoms with Crippen molar-refractivity contribution < 1.29 is 9.21 Å². The zero-order chi connectivity index (χ0) is 15.5. The summed E-state index contributed by atoms with van der Waals surface area (Å²) in [5, 5.41) is 2.75. The highest BCUT2D eigenvalue weighted by Gasteiger charge is 2.13. The van der Waals surface area contributed by atoms with Gasteiger partial charge in [0.05, 0.1) is 11.9 Å². The van der Waals surface area contributed by atoms with Gasteiger partial charge in [-0.1, -0.05) is 17.2 Å². The number of aryl methyl sites for hydroxylation is 2. The van der Waals surface area contributed by atoms with Crippen molar-refractivity contribution in [1.82, 2.24) is 4.98 Å². The lowest BCUT2D eigenvalue weighted by molar-refractivity contribution is 0.0997. The molecule has 0 atom stereocenters. The molecule has 0 spiro atoms. The number of aromatic nitrogens is 1. The molecule has 22 heavy (non-hydrogen) atoms. The van der Waals surface area contributed by atoms with Crippen LogP contribution in [0.5, 0.6) is 0 Å². The van der Waals surface area contributed by atoms with E-state index in [9.17, 15) is 4.79 Å². The van der Waals surface area contributed by atoms with Gasteiger partial charge in [-0.2, -0.15) is 0 Å². The Hall–Kier alpha value is -2.88. The summed E-state index contributed by atoms with van der Waals surface area (Å²) in [6, 6.07) is 13.2. The van der Waals surface area contributed by atoms with E-state index >= 15 is 0 Å². The number of nitrogens with one attached hydrogen (secondary N) is 1. The van der Waals surface area contributed by atoms with Gasteiger partial charge in [0.2, 0.25) is 0 Å². The number of amides is 1. The molecule has 4 heteroatoms. The minimum absolute atomic E-state index is 0.276. The standard InChI is InChI=1S/C18H16N2O2/c1-12-8-13(2)10-14(9-12)16-5-6-17(22-16)18(21)20-15-4-3-7-19-11-15/h3-11H,1-2H3,(H,20,21). The Morgan fingerprint density at radius 2 is 1.86 bits per heavy atom. The molecule has 0 radical (unpaired) electrons. The fourth-order valence-electron chi connectivity index (χ4n) is 2.36. The second-order valence-corrected chi connectivity index (χ2v) is 5.24. The van der Waals surface area contributed by atoms with Crippen LogP contribution in [0.15, 0.2) is 59.3 Å². The highest BCUT2D eigenvalue weighted by molar-refractivity contribution is 6.02. The summed E-state index contributed by atoms with van der Waals surface area (Å²) < 4.78 is 5.68. The molecule has 0 saturated carbocycles. The minimum Gasteiger partial charge on any atom is -0.451 e. The zero-order valence-corrected chi connectivity index (χ0v) is 12.5. The van der Waals surface area contributed by atoms with Crippen LogP contribution in [-0.2, 0) is 0 Å². The summed E-state index contributed by atoms with van der Waals surface area (Å²) in [4.78, 5) is 16.1. The molecule has 1 N–H and O–H groups in total. The van der Waals surface area contributed by atoms with Crippen LogP contribution in [0.2, 0.25) is 0 Å². The molecule has 0 fully saturated rings. The second-order valence-electron chi connectivity index (χ2n) is 5.24. The quantitative estimate of drug-likeness (QED) is 0.786. The third-order valence-corrected chi connectivity index (χ3v) is 3.26. The molecule has 3 rings (SSSR count). The Bertz CT molecular complexity index is 787. The van der Waals surface area contributed by atoms with E-state index < -0.39 is 0 Å². The van der Waals surface area contributed by atoms with Gasteiger partial charge in [0.15, 0.2) is 5.76 Å². The topological polar surface area (TPSA) is 55.1 Å². The molecule has 110 valence electrons. The molecule has 0 saturated heterocycles. The summed E-state index contributed by atoms with van der Waals surface area (Å²) in [7, 11) is 0. The molecular formula is C18H16N2O2. The van der Waals surface area contributed by atoms with Gasteiger partial charge in [-0.05, 0) is 50.2 Å². The lowest BCUT2D eigenvalue weighted by Crippen LogP contribution is -2.10. The van der Waals surface area contributed by atoms with Crippen LogP contribution >= 0.6 is 0 Å². The molecule has 1 aromatic carbocycles. The van der Waals surface area contributed by atoms with Crippen LogP contribution in [0.4, 0.5) is 5.69 Å².